The zero-order chi connectivity index (χ0) is 13.8. The first-order chi connectivity index (χ1) is 8.23. The SMILES string of the molecule is CC1OCCC1(O)CNC(=O)CCNC(C)(C)C. The van der Waals surface area contributed by atoms with Gasteiger partial charge in [0.15, 0.2) is 0 Å². The number of nitrogens with one attached hydrogen (secondary N) is 2. The topological polar surface area (TPSA) is 70.6 Å². The van der Waals surface area contributed by atoms with Gasteiger partial charge in [-0.25, -0.2) is 0 Å². The maximum Gasteiger partial charge on any atom is 0.221 e. The van der Waals surface area contributed by atoms with E-state index in [2.05, 4.69) is 31.4 Å². The van der Waals surface area contributed by atoms with E-state index in [4.69, 9.17) is 4.74 Å². The molecule has 1 aliphatic heterocycles. The summed E-state index contributed by atoms with van der Waals surface area (Å²) in [6.45, 7) is 9.48. The van der Waals surface area contributed by atoms with Crippen LogP contribution in [0.15, 0.2) is 0 Å². The van der Waals surface area contributed by atoms with Crippen LogP contribution in [0, 0.1) is 0 Å². The summed E-state index contributed by atoms with van der Waals surface area (Å²) in [4.78, 5) is 11.6. The fourth-order valence-corrected chi connectivity index (χ4v) is 1.89. The van der Waals surface area contributed by atoms with E-state index < -0.39 is 5.60 Å². The predicted octanol–water partition coefficient (Wildman–Crippen LogP) is 0.421. The van der Waals surface area contributed by atoms with Gasteiger partial charge >= 0.3 is 0 Å². The van der Waals surface area contributed by atoms with Crippen LogP contribution in [0.3, 0.4) is 0 Å². The Kier molecular flexibility index (Phi) is 5.13. The summed E-state index contributed by atoms with van der Waals surface area (Å²) in [6.07, 6.45) is 0.780. The van der Waals surface area contributed by atoms with Gasteiger partial charge in [0.2, 0.25) is 5.91 Å². The predicted molar refractivity (Wildman–Crippen MR) is 70.4 cm³/mol. The fourth-order valence-electron chi connectivity index (χ4n) is 1.89. The van der Waals surface area contributed by atoms with Crippen molar-refractivity contribution in [3.63, 3.8) is 0 Å². The number of hydrogen-bond donors (Lipinski definition) is 3. The van der Waals surface area contributed by atoms with Gasteiger partial charge in [-0.05, 0) is 27.7 Å². The Morgan fingerprint density at radius 3 is 2.67 bits per heavy atom. The molecule has 106 valence electrons. The minimum Gasteiger partial charge on any atom is -0.385 e. The van der Waals surface area contributed by atoms with Gasteiger partial charge < -0.3 is 20.5 Å². The highest BCUT2D eigenvalue weighted by Gasteiger charge is 2.39. The highest BCUT2D eigenvalue weighted by Crippen LogP contribution is 2.24. The fraction of sp³-hybridized carbons (Fsp3) is 0.923. The first-order valence-corrected chi connectivity index (χ1v) is 6.59. The number of hydrogen-bond acceptors (Lipinski definition) is 4. The van der Waals surface area contributed by atoms with Gasteiger partial charge in [0.05, 0.1) is 6.10 Å². The number of carbonyl (C=O) groups is 1. The maximum absolute atomic E-state index is 11.6. The molecule has 3 N–H and O–H groups in total. The summed E-state index contributed by atoms with van der Waals surface area (Å²) < 4.78 is 5.31. The zero-order valence-corrected chi connectivity index (χ0v) is 11.9. The van der Waals surface area contributed by atoms with Gasteiger partial charge in [-0.2, -0.15) is 0 Å². The summed E-state index contributed by atoms with van der Waals surface area (Å²) in [7, 11) is 0. The molecule has 0 saturated carbocycles. The summed E-state index contributed by atoms with van der Waals surface area (Å²) in [5.41, 5.74) is -0.889. The maximum atomic E-state index is 11.6. The van der Waals surface area contributed by atoms with Crippen LogP contribution in [0.5, 0.6) is 0 Å². The van der Waals surface area contributed by atoms with Crippen LogP contribution in [0.25, 0.3) is 0 Å². The highest BCUT2D eigenvalue weighted by atomic mass is 16.5. The number of ether oxygens (including phenoxy) is 1. The highest BCUT2D eigenvalue weighted by molar-refractivity contribution is 5.76. The molecule has 0 radical (unpaired) electrons. The Hall–Kier alpha value is -0.650. The second-order valence-electron chi connectivity index (χ2n) is 6.07. The van der Waals surface area contributed by atoms with E-state index in [1.807, 2.05) is 6.92 Å². The Morgan fingerprint density at radius 2 is 2.17 bits per heavy atom. The van der Waals surface area contributed by atoms with Crippen LogP contribution < -0.4 is 10.6 Å². The Labute approximate surface area is 109 Å². The molecule has 18 heavy (non-hydrogen) atoms. The molecular formula is C13H26N2O3. The van der Waals surface area contributed by atoms with Crippen LogP contribution in [0.4, 0.5) is 0 Å². The standard InChI is InChI=1S/C13H26N2O3/c1-10-13(17,6-8-18-10)9-14-11(16)5-7-15-12(2,3)4/h10,15,17H,5-9H2,1-4H3,(H,14,16). The van der Waals surface area contributed by atoms with E-state index in [1.54, 1.807) is 0 Å². The molecule has 1 saturated heterocycles. The van der Waals surface area contributed by atoms with Crippen molar-refractivity contribution in [2.24, 2.45) is 0 Å². The molecule has 1 rings (SSSR count). The lowest BCUT2D eigenvalue weighted by Crippen LogP contribution is -2.48. The van der Waals surface area contributed by atoms with Gasteiger partial charge in [0.1, 0.15) is 5.60 Å². The molecule has 0 bridgehead atoms. The van der Waals surface area contributed by atoms with Gasteiger partial charge in [0, 0.05) is 38.1 Å². The molecule has 0 aromatic carbocycles. The minimum absolute atomic E-state index is 0.0201. The molecule has 1 aliphatic rings. The third-order valence-corrected chi connectivity index (χ3v) is 3.26. The zero-order valence-electron chi connectivity index (χ0n) is 11.9. The molecule has 0 aromatic rings. The average molecular weight is 258 g/mol. The van der Waals surface area contributed by atoms with Crippen molar-refractivity contribution in [3.05, 3.63) is 0 Å². The van der Waals surface area contributed by atoms with E-state index >= 15 is 0 Å². The van der Waals surface area contributed by atoms with Crippen molar-refractivity contribution in [2.45, 2.75) is 57.8 Å². The minimum atomic E-state index is -0.910. The van der Waals surface area contributed by atoms with Gasteiger partial charge in [0.25, 0.3) is 0 Å². The van der Waals surface area contributed by atoms with Crippen LogP contribution in [-0.4, -0.2) is 48.0 Å². The van der Waals surface area contributed by atoms with E-state index in [1.165, 1.54) is 0 Å². The van der Waals surface area contributed by atoms with Crippen LogP contribution >= 0.6 is 0 Å². The summed E-state index contributed by atoms with van der Waals surface area (Å²) in [5, 5.41) is 16.2. The van der Waals surface area contributed by atoms with Crippen LogP contribution in [0.2, 0.25) is 0 Å². The van der Waals surface area contributed by atoms with Gasteiger partial charge in [-0.15, -0.1) is 0 Å². The Morgan fingerprint density at radius 1 is 1.50 bits per heavy atom. The monoisotopic (exact) mass is 258 g/mol. The Bertz CT molecular complexity index is 288. The van der Waals surface area contributed by atoms with Gasteiger partial charge in [-0.1, -0.05) is 0 Å². The molecule has 2 atom stereocenters. The lowest BCUT2D eigenvalue weighted by Gasteiger charge is -2.26. The molecule has 5 nitrogen and oxygen atoms in total. The van der Waals surface area contributed by atoms with Crippen LogP contribution in [-0.2, 0) is 9.53 Å². The lowest BCUT2D eigenvalue weighted by atomic mass is 9.97. The van der Waals surface area contributed by atoms with Crippen molar-refractivity contribution >= 4 is 5.91 Å². The van der Waals surface area contributed by atoms with Crippen LogP contribution in [0.1, 0.15) is 40.5 Å². The second-order valence-corrected chi connectivity index (χ2v) is 6.07. The molecular weight excluding hydrogens is 232 g/mol. The normalized spacial score (nSPS) is 28.4. The Balaban J connectivity index is 2.21. The van der Waals surface area contributed by atoms with Crippen molar-refractivity contribution in [1.82, 2.24) is 10.6 Å². The third kappa shape index (κ3) is 4.92. The summed E-state index contributed by atoms with van der Waals surface area (Å²) in [5.74, 6) is -0.0423. The largest absolute Gasteiger partial charge is 0.385 e. The molecule has 0 aliphatic carbocycles. The van der Waals surface area contributed by atoms with E-state index in [0.717, 1.165) is 0 Å². The van der Waals surface area contributed by atoms with Crippen molar-refractivity contribution in [3.8, 4) is 0 Å². The molecule has 1 amide bonds. The van der Waals surface area contributed by atoms with E-state index in [9.17, 15) is 9.90 Å². The number of amides is 1. The number of aliphatic hydroxyl groups is 1. The molecule has 5 heteroatoms. The number of rotatable bonds is 5. The van der Waals surface area contributed by atoms with E-state index in [-0.39, 0.29) is 24.1 Å². The summed E-state index contributed by atoms with van der Waals surface area (Å²) in [6, 6.07) is 0. The molecule has 0 aromatic heterocycles. The molecule has 2 unspecified atom stereocenters. The lowest BCUT2D eigenvalue weighted by molar-refractivity contribution is -0.122. The number of carbonyl (C=O) groups excluding carboxylic acids is 1. The molecule has 1 heterocycles. The van der Waals surface area contributed by atoms with E-state index in [0.29, 0.717) is 26.0 Å². The smallest absolute Gasteiger partial charge is 0.221 e. The first kappa shape index (κ1) is 15.4. The third-order valence-electron chi connectivity index (χ3n) is 3.26. The first-order valence-electron chi connectivity index (χ1n) is 6.59. The summed E-state index contributed by atoms with van der Waals surface area (Å²) >= 11 is 0. The van der Waals surface area contributed by atoms with Crippen molar-refractivity contribution in [2.75, 3.05) is 19.7 Å². The average Bonchev–Trinajstić information content (AvgIpc) is 2.55. The molecule has 0 spiro atoms. The quantitative estimate of drug-likeness (QED) is 0.668. The van der Waals surface area contributed by atoms with Crippen molar-refractivity contribution in [1.29, 1.82) is 0 Å². The van der Waals surface area contributed by atoms with Crippen molar-refractivity contribution < 1.29 is 14.6 Å². The second kappa shape index (κ2) is 5.99. The molecule has 1 fully saturated rings. The van der Waals surface area contributed by atoms with Gasteiger partial charge in [-0.3, -0.25) is 4.79 Å².